The maximum Gasteiger partial charge on any atom is 0.182 e. The second-order valence-corrected chi connectivity index (χ2v) is 6.90. The largest absolute Gasteiger partial charge is 0.497 e. The van der Waals surface area contributed by atoms with Gasteiger partial charge in [-0.25, -0.2) is 8.42 Å². The van der Waals surface area contributed by atoms with Gasteiger partial charge < -0.3 is 4.74 Å². The number of carbonyl (C=O) groups excluding carboxylic acids is 1. The van der Waals surface area contributed by atoms with Gasteiger partial charge in [0.2, 0.25) is 0 Å². The van der Waals surface area contributed by atoms with Crippen molar-refractivity contribution in [3.05, 3.63) is 59.7 Å². The van der Waals surface area contributed by atoms with Gasteiger partial charge in [-0.1, -0.05) is 31.2 Å². The number of carbonyl (C=O) groups is 1. The molecule has 2 rings (SSSR count). The van der Waals surface area contributed by atoms with E-state index in [0.29, 0.717) is 23.3 Å². The van der Waals surface area contributed by atoms with Crippen LogP contribution in [0.2, 0.25) is 0 Å². The number of methoxy groups -OCH3 is 1. The number of Topliss-reactive ketones (excluding diaryl/α,β-unsaturated/α-hetero) is 1. The molecule has 116 valence electrons. The van der Waals surface area contributed by atoms with Crippen molar-refractivity contribution >= 4 is 15.6 Å². The van der Waals surface area contributed by atoms with Gasteiger partial charge >= 0.3 is 0 Å². The normalized spacial score (nSPS) is 11.2. The van der Waals surface area contributed by atoms with Gasteiger partial charge in [-0.05, 0) is 29.8 Å². The molecule has 5 heteroatoms. The van der Waals surface area contributed by atoms with Gasteiger partial charge in [-0.2, -0.15) is 0 Å². The Hall–Kier alpha value is -2.14. The Kier molecular flexibility index (Phi) is 4.98. The van der Waals surface area contributed by atoms with Crippen LogP contribution in [0.5, 0.6) is 5.75 Å². The van der Waals surface area contributed by atoms with E-state index < -0.39 is 9.84 Å². The zero-order valence-electron chi connectivity index (χ0n) is 12.6. The van der Waals surface area contributed by atoms with E-state index in [1.165, 1.54) is 12.1 Å². The molecule has 0 amide bonds. The molecule has 0 aliphatic heterocycles. The standard InChI is InChI=1S/C17H18O4S/c1-3-17(18)14-6-10-16(11-7-14)22(19,20)12-13-4-8-15(21-2)9-5-13/h4-11H,3,12H2,1-2H3. The highest BCUT2D eigenvalue weighted by Gasteiger charge is 2.16. The first-order valence-electron chi connectivity index (χ1n) is 6.95. The Bertz CT molecular complexity index is 744. The topological polar surface area (TPSA) is 60.4 Å². The quantitative estimate of drug-likeness (QED) is 0.767. The minimum Gasteiger partial charge on any atom is -0.497 e. The van der Waals surface area contributed by atoms with E-state index in [4.69, 9.17) is 4.74 Å². The van der Waals surface area contributed by atoms with E-state index in [-0.39, 0.29) is 16.4 Å². The lowest BCUT2D eigenvalue weighted by atomic mass is 10.1. The van der Waals surface area contributed by atoms with Crippen molar-refractivity contribution in [3.63, 3.8) is 0 Å². The lowest BCUT2D eigenvalue weighted by molar-refractivity contribution is 0.0988. The summed E-state index contributed by atoms with van der Waals surface area (Å²) < 4.78 is 29.8. The SMILES string of the molecule is CCC(=O)c1ccc(S(=O)(=O)Cc2ccc(OC)cc2)cc1. The van der Waals surface area contributed by atoms with Gasteiger partial charge in [0.15, 0.2) is 15.6 Å². The summed E-state index contributed by atoms with van der Waals surface area (Å²) in [6, 6.07) is 13.0. The molecular formula is C17H18O4S. The van der Waals surface area contributed by atoms with Gasteiger partial charge in [0.1, 0.15) is 5.75 Å². The zero-order chi connectivity index (χ0) is 16.2. The maximum absolute atomic E-state index is 12.4. The molecular weight excluding hydrogens is 300 g/mol. The molecule has 0 radical (unpaired) electrons. The lowest BCUT2D eigenvalue weighted by Crippen LogP contribution is -2.06. The highest BCUT2D eigenvalue weighted by Crippen LogP contribution is 2.19. The summed E-state index contributed by atoms with van der Waals surface area (Å²) in [6.45, 7) is 1.77. The van der Waals surface area contributed by atoms with Crippen LogP contribution in [-0.2, 0) is 15.6 Å². The lowest BCUT2D eigenvalue weighted by Gasteiger charge is -2.07. The van der Waals surface area contributed by atoms with Crippen molar-refractivity contribution in [3.8, 4) is 5.75 Å². The minimum absolute atomic E-state index is 0.000831. The number of ketones is 1. The molecule has 0 N–H and O–H groups in total. The van der Waals surface area contributed by atoms with Crippen LogP contribution in [0.4, 0.5) is 0 Å². The smallest absolute Gasteiger partial charge is 0.182 e. The van der Waals surface area contributed by atoms with Crippen molar-refractivity contribution in [2.45, 2.75) is 24.0 Å². The monoisotopic (exact) mass is 318 g/mol. The second kappa shape index (κ2) is 6.75. The van der Waals surface area contributed by atoms with Crippen LogP contribution in [0.1, 0.15) is 29.3 Å². The van der Waals surface area contributed by atoms with Gasteiger partial charge in [-0.15, -0.1) is 0 Å². The van der Waals surface area contributed by atoms with Crippen LogP contribution in [0, 0.1) is 0 Å². The Labute approximate surface area is 130 Å². The molecule has 2 aromatic carbocycles. The van der Waals surface area contributed by atoms with E-state index in [0.717, 1.165) is 0 Å². The number of benzene rings is 2. The highest BCUT2D eigenvalue weighted by molar-refractivity contribution is 7.90. The van der Waals surface area contributed by atoms with Crippen molar-refractivity contribution in [1.82, 2.24) is 0 Å². The molecule has 0 bridgehead atoms. The van der Waals surface area contributed by atoms with Crippen molar-refractivity contribution in [2.24, 2.45) is 0 Å². The Morgan fingerprint density at radius 3 is 2.09 bits per heavy atom. The molecule has 0 saturated heterocycles. The molecule has 22 heavy (non-hydrogen) atoms. The first-order valence-corrected chi connectivity index (χ1v) is 8.60. The summed E-state index contributed by atoms with van der Waals surface area (Å²) in [5.74, 6) is 0.598. The third-order valence-corrected chi connectivity index (χ3v) is 5.08. The molecule has 0 heterocycles. The molecule has 0 unspecified atom stereocenters. The van der Waals surface area contributed by atoms with Gasteiger partial charge in [0.25, 0.3) is 0 Å². The second-order valence-electron chi connectivity index (χ2n) is 4.91. The van der Waals surface area contributed by atoms with Crippen LogP contribution in [0.15, 0.2) is 53.4 Å². The van der Waals surface area contributed by atoms with Crippen molar-refractivity contribution in [2.75, 3.05) is 7.11 Å². The number of rotatable bonds is 6. The molecule has 0 atom stereocenters. The van der Waals surface area contributed by atoms with Crippen LogP contribution in [-0.4, -0.2) is 21.3 Å². The minimum atomic E-state index is -3.43. The summed E-state index contributed by atoms with van der Waals surface area (Å²) in [5.41, 5.74) is 1.22. The van der Waals surface area contributed by atoms with Gasteiger partial charge in [-0.3, -0.25) is 4.79 Å². The number of ether oxygens (including phenoxy) is 1. The van der Waals surface area contributed by atoms with Crippen molar-refractivity contribution < 1.29 is 17.9 Å². The summed E-state index contributed by atoms with van der Waals surface area (Å²) in [6.07, 6.45) is 0.401. The van der Waals surface area contributed by atoms with Gasteiger partial charge in [0.05, 0.1) is 17.8 Å². The first kappa shape index (κ1) is 16.2. The molecule has 0 spiro atoms. The molecule has 0 saturated carbocycles. The molecule has 4 nitrogen and oxygen atoms in total. The fourth-order valence-corrected chi connectivity index (χ4v) is 3.43. The molecule has 0 fully saturated rings. The van der Waals surface area contributed by atoms with E-state index in [9.17, 15) is 13.2 Å². The van der Waals surface area contributed by atoms with Crippen LogP contribution in [0.25, 0.3) is 0 Å². The third kappa shape index (κ3) is 3.74. The van der Waals surface area contributed by atoms with Crippen molar-refractivity contribution in [1.29, 1.82) is 0 Å². The fourth-order valence-electron chi connectivity index (χ4n) is 2.08. The molecule has 0 aliphatic carbocycles. The van der Waals surface area contributed by atoms with Crippen LogP contribution < -0.4 is 4.74 Å². The predicted octanol–water partition coefficient (Wildman–Crippen LogP) is 3.26. The van der Waals surface area contributed by atoms with Crippen LogP contribution in [0.3, 0.4) is 0 Å². The highest BCUT2D eigenvalue weighted by atomic mass is 32.2. The number of hydrogen-bond donors (Lipinski definition) is 0. The summed E-state index contributed by atoms with van der Waals surface area (Å²) in [5, 5.41) is 0. The van der Waals surface area contributed by atoms with E-state index in [2.05, 4.69) is 0 Å². The van der Waals surface area contributed by atoms with E-state index in [1.54, 1.807) is 50.4 Å². The maximum atomic E-state index is 12.4. The molecule has 0 aliphatic rings. The Balaban J connectivity index is 2.20. The fraction of sp³-hybridized carbons (Fsp3) is 0.235. The van der Waals surface area contributed by atoms with E-state index in [1.807, 2.05) is 0 Å². The Morgan fingerprint density at radius 1 is 1.00 bits per heavy atom. The summed E-state index contributed by atoms with van der Waals surface area (Å²) >= 11 is 0. The average molecular weight is 318 g/mol. The average Bonchev–Trinajstić information content (AvgIpc) is 2.54. The predicted molar refractivity (Wildman–Crippen MR) is 84.9 cm³/mol. The number of hydrogen-bond acceptors (Lipinski definition) is 4. The Morgan fingerprint density at radius 2 is 1.59 bits per heavy atom. The summed E-state index contributed by atoms with van der Waals surface area (Å²) in [7, 11) is -1.87. The zero-order valence-corrected chi connectivity index (χ0v) is 13.4. The van der Waals surface area contributed by atoms with Gasteiger partial charge in [0, 0.05) is 12.0 Å². The first-order chi connectivity index (χ1) is 10.5. The number of sulfone groups is 1. The van der Waals surface area contributed by atoms with E-state index >= 15 is 0 Å². The third-order valence-electron chi connectivity index (χ3n) is 3.37. The molecule has 0 aromatic heterocycles. The molecule has 2 aromatic rings. The van der Waals surface area contributed by atoms with Crippen LogP contribution >= 0.6 is 0 Å². The summed E-state index contributed by atoms with van der Waals surface area (Å²) in [4.78, 5) is 11.8.